The summed E-state index contributed by atoms with van der Waals surface area (Å²) in [4.78, 5) is 24.1. The Morgan fingerprint density at radius 3 is 2.46 bits per heavy atom. The summed E-state index contributed by atoms with van der Waals surface area (Å²) in [6.45, 7) is 1.32. The molecule has 0 radical (unpaired) electrons. The average molecular weight is 380 g/mol. The van der Waals surface area contributed by atoms with Crippen molar-refractivity contribution in [2.75, 3.05) is 12.4 Å². The van der Waals surface area contributed by atoms with Gasteiger partial charge in [-0.15, -0.1) is 0 Å². The van der Waals surface area contributed by atoms with Crippen LogP contribution in [0.1, 0.15) is 17.3 Å². The molecule has 0 aliphatic rings. The minimum atomic E-state index is -3.72. The zero-order valence-corrected chi connectivity index (χ0v) is 14.8. The lowest BCUT2D eigenvalue weighted by Gasteiger charge is -2.14. The van der Waals surface area contributed by atoms with Gasteiger partial charge >= 0.3 is 5.97 Å². The maximum absolute atomic E-state index is 13.5. The fraction of sp³-hybridized carbons (Fsp3) is 0.176. The van der Waals surface area contributed by atoms with Gasteiger partial charge in [0.2, 0.25) is 10.0 Å². The van der Waals surface area contributed by atoms with E-state index in [1.54, 1.807) is 6.07 Å². The molecule has 1 atom stereocenters. The van der Waals surface area contributed by atoms with Gasteiger partial charge in [0.05, 0.1) is 16.1 Å². The lowest BCUT2D eigenvalue weighted by molar-refractivity contribution is -0.123. The Morgan fingerprint density at radius 2 is 1.81 bits per heavy atom. The number of halogens is 1. The smallest absolute Gasteiger partial charge is 0.338 e. The Balaban J connectivity index is 2.08. The van der Waals surface area contributed by atoms with Crippen LogP contribution < -0.4 is 10.0 Å². The number of amides is 1. The largest absolute Gasteiger partial charge is 0.449 e. The van der Waals surface area contributed by atoms with Crippen LogP contribution in [0.3, 0.4) is 0 Å². The van der Waals surface area contributed by atoms with Gasteiger partial charge in [0.25, 0.3) is 5.91 Å². The van der Waals surface area contributed by atoms with E-state index >= 15 is 0 Å². The molecule has 0 fully saturated rings. The van der Waals surface area contributed by atoms with Crippen molar-refractivity contribution in [3.8, 4) is 0 Å². The summed E-state index contributed by atoms with van der Waals surface area (Å²) >= 11 is 0. The van der Waals surface area contributed by atoms with Gasteiger partial charge in [0.15, 0.2) is 6.10 Å². The Kier molecular flexibility index (Phi) is 6.06. The number of carbonyl (C=O) groups is 2. The standard InChI is InChI=1S/C17H17FN2O5S/c1-11(16(21)20-15-9-4-3-8-14(15)18)25-17(22)12-6-5-7-13(10-12)26(23,24)19-2/h3-11,19H,1-2H3,(H,20,21)/t11-/m1/s1. The van der Waals surface area contributed by atoms with Crippen LogP contribution in [0.4, 0.5) is 10.1 Å². The molecule has 0 saturated heterocycles. The molecule has 138 valence electrons. The lowest BCUT2D eigenvalue weighted by atomic mass is 10.2. The van der Waals surface area contributed by atoms with Crippen molar-refractivity contribution in [3.05, 3.63) is 59.9 Å². The number of hydrogen-bond acceptors (Lipinski definition) is 5. The molecule has 2 aromatic rings. The number of benzene rings is 2. The second-order valence-corrected chi connectivity index (χ2v) is 7.14. The summed E-state index contributed by atoms with van der Waals surface area (Å²) in [5.74, 6) is -2.22. The van der Waals surface area contributed by atoms with Crippen molar-refractivity contribution in [2.45, 2.75) is 17.9 Å². The summed E-state index contributed by atoms with van der Waals surface area (Å²) in [6, 6.07) is 10.8. The summed E-state index contributed by atoms with van der Waals surface area (Å²) < 4.78 is 44.3. The van der Waals surface area contributed by atoms with Crippen molar-refractivity contribution in [2.24, 2.45) is 0 Å². The molecule has 2 rings (SSSR count). The first-order valence-electron chi connectivity index (χ1n) is 7.54. The van der Waals surface area contributed by atoms with Crippen LogP contribution in [0.2, 0.25) is 0 Å². The monoisotopic (exact) mass is 380 g/mol. The van der Waals surface area contributed by atoms with E-state index in [1.165, 1.54) is 50.4 Å². The lowest BCUT2D eigenvalue weighted by Crippen LogP contribution is -2.30. The fourth-order valence-electron chi connectivity index (χ4n) is 1.99. The Labute approximate surface area is 150 Å². The molecule has 26 heavy (non-hydrogen) atoms. The number of anilines is 1. The van der Waals surface area contributed by atoms with Gasteiger partial charge in [-0.2, -0.15) is 0 Å². The Morgan fingerprint density at radius 1 is 1.12 bits per heavy atom. The van der Waals surface area contributed by atoms with Crippen LogP contribution in [0.25, 0.3) is 0 Å². The van der Waals surface area contributed by atoms with Crippen LogP contribution in [0.5, 0.6) is 0 Å². The normalized spacial score (nSPS) is 12.3. The van der Waals surface area contributed by atoms with E-state index in [1.807, 2.05) is 0 Å². The van der Waals surface area contributed by atoms with E-state index in [0.717, 1.165) is 6.07 Å². The summed E-state index contributed by atoms with van der Waals surface area (Å²) in [7, 11) is -2.48. The van der Waals surface area contributed by atoms with E-state index < -0.39 is 33.8 Å². The molecule has 0 aliphatic carbocycles. The molecule has 7 nitrogen and oxygen atoms in total. The Bertz CT molecular complexity index is 930. The summed E-state index contributed by atoms with van der Waals surface area (Å²) in [6.07, 6.45) is -1.22. The van der Waals surface area contributed by atoms with Crippen LogP contribution in [0.15, 0.2) is 53.4 Å². The predicted octanol–water partition coefficient (Wildman–Crippen LogP) is 1.92. The molecule has 0 saturated carbocycles. The van der Waals surface area contributed by atoms with Crippen molar-refractivity contribution in [1.82, 2.24) is 4.72 Å². The van der Waals surface area contributed by atoms with Crippen molar-refractivity contribution in [1.29, 1.82) is 0 Å². The minimum Gasteiger partial charge on any atom is -0.449 e. The molecule has 2 N–H and O–H groups in total. The zero-order valence-electron chi connectivity index (χ0n) is 14.0. The number of esters is 1. The van der Waals surface area contributed by atoms with Crippen molar-refractivity contribution >= 4 is 27.6 Å². The average Bonchev–Trinajstić information content (AvgIpc) is 2.63. The highest BCUT2D eigenvalue weighted by atomic mass is 32.2. The van der Waals surface area contributed by atoms with Gasteiger partial charge in [-0.3, -0.25) is 4.79 Å². The highest BCUT2D eigenvalue weighted by Crippen LogP contribution is 2.15. The number of sulfonamides is 1. The van der Waals surface area contributed by atoms with E-state index in [2.05, 4.69) is 10.0 Å². The second kappa shape index (κ2) is 8.07. The summed E-state index contributed by atoms with van der Waals surface area (Å²) in [5, 5.41) is 2.31. The van der Waals surface area contributed by atoms with E-state index in [4.69, 9.17) is 4.74 Å². The van der Waals surface area contributed by atoms with E-state index in [-0.39, 0.29) is 16.1 Å². The third-order valence-corrected chi connectivity index (χ3v) is 4.85. The maximum Gasteiger partial charge on any atom is 0.338 e. The number of ether oxygens (including phenoxy) is 1. The van der Waals surface area contributed by atoms with Gasteiger partial charge in [0.1, 0.15) is 5.82 Å². The molecule has 2 aromatic carbocycles. The molecular formula is C17H17FN2O5S. The van der Waals surface area contributed by atoms with Gasteiger partial charge < -0.3 is 10.1 Å². The second-order valence-electron chi connectivity index (χ2n) is 5.25. The van der Waals surface area contributed by atoms with Crippen LogP contribution in [-0.2, 0) is 19.6 Å². The van der Waals surface area contributed by atoms with Crippen LogP contribution in [-0.4, -0.2) is 33.4 Å². The third kappa shape index (κ3) is 4.64. The molecule has 0 unspecified atom stereocenters. The molecular weight excluding hydrogens is 363 g/mol. The molecule has 9 heteroatoms. The fourth-order valence-corrected chi connectivity index (χ4v) is 2.76. The van der Waals surface area contributed by atoms with Crippen LogP contribution in [0, 0.1) is 5.82 Å². The van der Waals surface area contributed by atoms with Gasteiger partial charge in [-0.05, 0) is 44.3 Å². The van der Waals surface area contributed by atoms with Gasteiger partial charge in [-0.1, -0.05) is 18.2 Å². The number of nitrogens with one attached hydrogen (secondary N) is 2. The SMILES string of the molecule is CNS(=O)(=O)c1cccc(C(=O)O[C@H](C)C(=O)Nc2ccccc2F)c1. The number of para-hydroxylation sites is 1. The molecule has 0 spiro atoms. The first-order valence-corrected chi connectivity index (χ1v) is 9.03. The van der Waals surface area contributed by atoms with E-state index in [9.17, 15) is 22.4 Å². The third-order valence-electron chi connectivity index (χ3n) is 3.43. The molecule has 0 aromatic heterocycles. The highest BCUT2D eigenvalue weighted by molar-refractivity contribution is 7.89. The topological polar surface area (TPSA) is 102 Å². The first kappa shape index (κ1) is 19.5. The maximum atomic E-state index is 13.5. The summed E-state index contributed by atoms with van der Waals surface area (Å²) in [5.41, 5.74) is -0.0747. The molecule has 0 heterocycles. The Hall–Kier alpha value is -2.78. The van der Waals surface area contributed by atoms with Crippen LogP contribution >= 0.6 is 0 Å². The van der Waals surface area contributed by atoms with Crippen molar-refractivity contribution in [3.63, 3.8) is 0 Å². The molecule has 1 amide bonds. The zero-order chi connectivity index (χ0) is 19.3. The number of carbonyl (C=O) groups excluding carboxylic acids is 2. The predicted molar refractivity (Wildman–Crippen MR) is 92.6 cm³/mol. The number of rotatable bonds is 6. The van der Waals surface area contributed by atoms with E-state index in [0.29, 0.717) is 0 Å². The quantitative estimate of drug-likeness (QED) is 0.746. The molecule has 0 bridgehead atoms. The van der Waals surface area contributed by atoms with Gasteiger partial charge in [-0.25, -0.2) is 22.3 Å². The highest BCUT2D eigenvalue weighted by Gasteiger charge is 2.21. The minimum absolute atomic E-state index is 0.0353. The first-order chi connectivity index (χ1) is 12.2. The molecule has 0 aliphatic heterocycles. The number of hydrogen-bond donors (Lipinski definition) is 2. The van der Waals surface area contributed by atoms with Gasteiger partial charge in [0, 0.05) is 0 Å². The van der Waals surface area contributed by atoms with Crippen molar-refractivity contribution < 1.29 is 27.1 Å².